The van der Waals surface area contributed by atoms with E-state index in [1.165, 1.54) is 0 Å². The van der Waals surface area contributed by atoms with Gasteiger partial charge in [0.05, 0.1) is 11.9 Å². The third-order valence-corrected chi connectivity index (χ3v) is 3.53. The number of carbonyl (C=O) groups excluding carboxylic acids is 1. The van der Waals surface area contributed by atoms with Gasteiger partial charge in [0.1, 0.15) is 0 Å². The summed E-state index contributed by atoms with van der Waals surface area (Å²) in [6, 6.07) is 15.1. The fourth-order valence-electron chi connectivity index (χ4n) is 2.36. The van der Waals surface area contributed by atoms with Gasteiger partial charge in [-0.1, -0.05) is 36.4 Å². The summed E-state index contributed by atoms with van der Waals surface area (Å²) in [6.07, 6.45) is 0.284. The molecule has 0 aliphatic heterocycles. The first-order chi connectivity index (χ1) is 10.6. The summed E-state index contributed by atoms with van der Waals surface area (Å²) < 4.78 is 4.95. The predicted octanol–water partition coefficient (Wildman–Crippen LogP) is 2.32. The number of H-pyrrole nitrogens is 1. The maximum Gasteiger partial charge on any atom is 0.417 e. The third kappa shape index (κ3) is 3.09. The van der Waals surface area contributed by atoms with Gasteiger partial charge in [0.2, 0.25) is 5.91 Å². The van der Waals surface area contributed by atoms with Crippen LogP contribution in [0.1, 0.15) is 11.1 Å². The van der Waals surface area contributed by atoms with Crippen LogP contribution in [0.3, 0.4) is 0 Å². The normalized spacial score (nSPS) is 10.8. The highest BCUT2D eigenvalue weighted by molar-refractivity contribution is 5.80. The maximum atomic E-state index is 12.3. The van der Waals surface area contributed by atoms with Gasteiger partial charge in [-0.25, -0.2) is 4.79 Å². The second-order valence-electron chi connectivity index (χ2n) is 5.26. The van der Waals surface area contributed by atoms with E-state index in [1.807, 2.05) is 30.3 Å². The van der Waals surface area contributed by atoms with E-state index in [2.05, 4.69) is 4.98 Å². The van der Waals surface area contributed by atoms with Crippen LogP contribution in [0.4, 0.5) is 0 Å². The number of carbonyl (C=O) groups is 1. The molecule has 22 heavy (non-hydrogen) atoms. The molecular weight excluding hydrogens is 280 g/mol. The highest BCUT2D eigenvalue weighted by Crippen LogP contribution is 2.14. The monoisotopic (exact) mass is 296 g/mol. The standard InChI is InChI=1S/C17H16N2O3/c1-19(11-12-5-3-2-4-6-12)16(20)10-13-7-8-15-14(9-13)18-17(21)22-15/h2-9H,10-11H2,1H3,(H,18,21). The van der Waals surface area contributed by atoms with Crippen LogP contribution in [0.5, 0.6) is 0 Å². The molecule has 0 unspecified atom stereocenters. The molecule has 0 radical (unpaired) electrons. The number of amides is 1. The van der Waals surface area contributed by atoms with Gasteiger partial charge in [-0.05, 0) is 23.3 Å². The van der Waals surface area contributed by atoms with Crippen molar-refractivity contribution in [3.63, 3.8) is 0 Å². The molecule has 1 N–H and O–H groups in total. The first-order valence-corrected chi connectivity index (χ1v) is 7.01. The molecule has 5 nitrogen and oxygen atoms in total. The Kier molecular flexibility index (Phi) is 3.78. The number of rotatable bonds is 4. The Balaban J connectivity index is 1.70. The molecule has 3 aromatic rings. The summed E-state index contributed by atoms with van der Waals surface area (Å²) in [6.45, 7) is 0.574. The zero-order valence-electron chi connectivity index (χ0n) is 12.2. The lowest BCUT2D eigenvalue weighted by atomic mass is 10.1. The summed E-state index contributed by atoms with van der Waals surface area (Å²) in [5, 5.41) is 0. The number of likely N-dealkylation sites (N-methyl/N-ethyl adjacent to an activating group) is 1. The zero-order valence-corrected chi connectivity index (χ0v) is 12.2. The Labute approximate surface area is 127 Å². The largest absolute Gasteiger partial charge is 0.417 e. The van der Waals surface area contributed by atoms with Gasteiger partial charge >= 0.3 is 5.76 Å². The lowest BCUT2D eigenvalue weighted by Crippen LogP contribution is -2.27. The second-order valence-corrected chi connectivity index (χ2v) is 5.26. The number of aromatic nitrogens is 1. The van der Waals surface area contributed by atoms with Crippen LogP contribution in [-0.4, -0.2) is 22.8 Å². The Morgan fingerprint density at radius 3 is 2.68 bits per heavy atom. The fourth-order valence-corrected chi connectivity index (χ4v) is 2.36. The number of benzene rings is 2. The van der Waals surface area contributed by atoms with Crippen molar-refractivity contribution in [2.24, 2.45) is 0 Å². The molecular formula is C17H16N2O3. The average Bonchev–Trinajstić information content (AvgIpc) is 2.87. The van der Waals surface area contributed by atoms with Crippen LogP contribution < -0.4 is 5.76 Å². The minimum absolute atomic E-state index is 0.0223. The van der Waals surface area contributed by atoms with E-state index in [-0.39, 0.29) is 12.3 Å². The number of nitrogens with one attached hydrogen (secondary N) is 1. The van der Waals surface area contributed by atoms with Crippen LogP contribution in [0.15, 0.2) is 57.7 Å². The molecule has 1 heterocycles. The number of hydrogen-bond acceptors (Lipinski definition) is 3. The molecule has 2 aromatic carbocycles. The third-order valence-electron chi connectivity index (χ3n) is 3.53. The van der Waals surface area contributed by atoms with Crippen molar-refractivity contribution in [2.45, 2.75) is 13.0 Å². The van der Waals surface area contributed by atoms with Crippen LogP contribution in [0, 0.1) is 0 Å². The van der Waals surface area contributed by atoms with Gasteiger partial charge < -0.3 is 9.32 Å². The molecule has 112 valence electrons. The number of oxazole rings is 1. The first kappa shape index (κ1) is 14.1. The quantitative estimate of drug-likeness (QED) is 0.803. The molecule has 0 atom stereocenters. The fraction of sp³-hybridized carbons (Fsp3) is 0.176. The van der Waals surface area contributed by atoms with E-state index in [4.69, 9.17) is 4.42 Å². The number of aromatic amines is 1. The Hall–Kier alpha value is -2.82. The maximum absolute atomic E-state index is 12.3. The highest BCUT2D eigenvalue weighted by Gasteiger charge is 2.11. The average molecular weight is 296 g/mol. The Morgan fingerprint density at radius 1 is 1.14 bits per heavy atom. The van der Waals surface area contributed by atoms with Crippen LogP contribution in [-0.2, 0) is 17.8 Å². The highest BCUT2D eigenvalue weighted by atomic mass is 16.4. The van der Waals surface area contributed by atoms with Crippen molar-refractivity contribution in [1.82, 2.24) is 9.88 Å². The van der Waals surface area contributed by atoms with Crippen molar-refractivity contribution < 1.29 is 9.21 Å². The molecule has 1 aromatic heterocycles. The topological polar surface area (TPSA) is 66.3 Å². The predicted molar refractivity (Wildman–Crippen MR) is 83.5 cm³/mol. The summed E-state index contributed by atoms with van der Waals surface area (Å²) in [5.41, 5.74) is 3.04. The van der Waals surface area contributed by atoms with Crippen molar-refractivity contribution in [3.8, 4) is 0 Å². The first-order valence-electron chi connectivity index (χ1n) is 7.01. The molecule has 0 spiro atoms. The van der Waals surface area contributed by atoms with E-state index in [9.17, 15) is 9.59 Å². The van der Waals surface area contributed by atoms with E-state index >= 15 is 0 Å². The molecule has 0 saturated carbocycles. The van der Waals surface area contributed by atoms with Gasteiger partial charge in [0, 0.05) is 13.6 Å². The van der Waals surface area contributed by atoms with Crippen molar-refractivity contribution >= 4 is 17.0 Å². The summed E-state index contributed by atoms with van der Waals surface area (Å²) in [4.78, 5) is 27.7. The molecule has 0 bridgehead atoms. The lowest BCUT2D eigenvalue weighted by Gasteiger charge is -2.17. The molecule has 5 heteroatoms. The van der Waals surface area contributed by atoms with Gasteiger partial charge in [-0.2, -0.15) is 0 Å². The molecule has 0 aliphatic carbocycles. The van der Waals surface area contributed by atoms with Crippen molar-refractivity contribution in [2.75, 3.05) is 7.05 Å². The van der Waals surface area contributed by atoms with E-state index in [0.717, 1.165) is 11.1 Å². The summed E-state index contributed by atoms with van der Waals surface area (Å²) in [5.74, 6) is -0.464. The van der Waals surface area contributed by atoms with Gasteiger partial charge in [0.15, 0.2) is 5.58 Å². The number of nitrogens with zero attached hydrogens (tertiary/aromatic N) is 1. The molecule has 1 amide bonds. The minimum atomic E-state index is -0.486. The Bertz CT molecular complexity index is 849. The second kappa shape index (κ2) is 5.89. The van der Waals surface area contributed by atoms with E-state index in [1.54, 1.807) is 30.1 Å². The summed E-state index contributed by atoms with van der Waals surface area (Å²) >= 11 is 0. The molecule has 0 fully saturated rings. The van der Waals surface area contributed by atoms with Crippen molar-refractivity contribution in [3.05, 3.63) is 70.2 Å². The lowest BCUT2D eigenvalue weighted by molar-refractivity contribution is -0.129. The van der Waals surface area contributed by atoms with Crippen LogP contribution in [0.25, 0.3) is 11.1 Å². The number of hydrogen-bond donors (Lipinski definition) is 1. The zero-order chi connectivity index (χ0) is 15.5. The SMILES string of the molecule is CN(Cc1ccccc1)C(=O)Cc1ccc2oc(=O)[nH]c2c1. The molecule has 0 saturated heterocycles. The molecule has 0 aliphatic rings. The smallest absolute Gasteiger partial charge is 0.408 e. The minimum Gasteiger partial charge on any atom is -0.408 e. The van der Waals surface area contributed by atoms with Gasteiger partial charge in [-0.3, -0.25) is 9.78 Å². The van der Waals surface area contributed by atoms with Gasteiger partial charge in [0.25, 0.3) is 0 Å². The summed E-state index contributed by atoms with van der Waals surface area (Å²) in [7, 11) is 1.79. The van der Waals surface area contributed by atoms with Gasteiger partial charge in [-0.15, -0.1) is 0 Å². The number of fused-ring (bicyclic) bond motifs is 1. The van der Waals surface area contributed by atoms with E-state index < -0.39 is 5.76 Å². The van der Waals surface area contributed by atoms with Crippen molar-refractivity contribution in [1.29, 1.82) is 0 Å². The molecule has 3 rings (SSSR count). The van der Waals surface area contributed by atoms with Crippen LogP contribution >= 0.6 is 0 Å². The van der Waals surface area contributed by atoms with Crippen LogP contribution in [0.2, 0.25) is 0 Å². The van der Waals surface area contributed by atoms with E-state index in [0.29, 0.717) is 17.6 Å². The Morgan fingerprint density at radius 2 is 1.91 bits per heavy atom.